The van der Waals surface area contributed by atoms with Crippen molar-refractivity contribution in [1.29, 1.82) is 0 Å². The van der Waals surface area contributed by atoms with Crippen LogP contribution in [0.3, 0.4) is 0 Å². The van der Waals surface area contributed by atoms with Crippen LogP contribution < -0.4 is 0 Å². The highest BCUT2D eigenvalue weighted by Gasteiger charge is 2.42. The fourth-order valence-electron chi connectivity index (χ4n) is 3.72. The second-order valence-electron chi connectivity index (χ2n) is 5.95. The highest BCUT2D eigenvalue weighted by atomic mass is 32.1. The summed E-state index contributed by atoms with van der Waals surface area (Å²) >= 11 is 1.85. The molecule has 2 aromatic heterocycles. The highest BCUT2D eigenvalue weighted by molar-refractivity contribution is 7.09. The Morgan fingerprint density at radius 3 is 3.00 bits per heavy atom. The quantitative estimate of drug-likeness (QED) is 0.867. The Balaban J connectivity index is 1.44. The molecule has 1 saturated carbocycles. The minimum Gasteiger partial charge on any atom is -0.375 e. The number of ether oxygens (including phenoxy) is 1. The lowest BCUT2D eigenvalue weighted by Gasteiger charge is -2.39. The Kier molecular flexibility index (Phi) is 3.75. The van der Waals surface area contributed by atoms with E-state index in [-0.39, 0.29) is 0 Å². The molecule has 21 heavy (non-hydrogen) atoms. The summed E-state index contributed by atoms with van der Waals surface area (Å²) in [4.78, 5) is 4.07. The molecule has 0 N–H and O–H groups in total. The lowest BCUT2D eigenvalue weighted by atomic mass is 10.0. The zero-order valence-corrected chi connectivity index (χ0v) is 12.8. The number of rotatable bonds is 4. The maximum atomic E-state index is 6.12. The third-order valence-electron chi connectivity index (χ3n) is 4.69. The van der Waals surface area contributed by atoms with Gasteiger partial charge in [0.05, 0.1) is 12.7 Å². The summed E-state index contributed by atoms with van der Waals surface area (Å²) in [5.74, 6) is 0.581. The van der Waals surface area contributed by atoms with E-state index in [1.54, 1.807) is 12.7 Å². The van der Waals surface area contributed by atoms with Crippen LogP contribution in [-0.2, 0) is 17.8 Å². The summed E-state index contributed by atoms with van der Waals surface area (Å²) in [5, 5.41) is 9.96. The minimum absolute atomic E-state index is 0.362. The van der Waals surface area contributed by atoms with Crippen LogP contribution in [0.4, 0.5) is 0 Å². The standard InChI is InChI=1S/C15H20N4OS/c1-2-13(21-7-1)9-19-5-6-20-15-12(3-4-14(15)19)8-18-10-16-17-11-18/h1-2,7,10-12,14-15H,3-6,8-9H2/t12-,14+,15-/m1/s1. The van der Waals surface area contributed by atoms with E-state index in [1.807, 2.05) is 11.3 Å². The third-order valence-corrected chi connectivity index (χ3v) is 5.55. The molecular formula is C15H20N4OS. The van der Waals surface area contributed by atoms with E-state index in [4.69, 9.17) is 4.74 Å². The second kappa shape index (κ2) is 5.87. The number of hydrogen-bond acceptors (Lipinski definition) is 5. The first-order valence-corrected chi connectivity index (χ1v) is 8.48. The molecule has 112 valence electrons. The number of thiophene rings is 1. The van der Waals surface area contributed by atoms with E-state index in [1.165, 1.54) is 17.7 Å². The van der Waals surface area contributed by atoms with Crippen molar-refractivity contribution < 1.29 is 4.74 Å². The molecule has 2 aliphatic rings. The van der Waals surface area contributed by atoms with Crippen LogP contribution in [-0.4, -0.2) is 45.0 Å². The monoisotopic (exact) mass is 304 g/mol. The molecule has 1 saturated heterocycles. The van der Waals surface area contributed by atoms with Gasteiger partial charge in [0.25, 0.3) is 0 Å². The molecule has 0 aromatic carbocycles. The smallest absolute Gasteiger partial charge is 0.119 e. The van der Waals surface area contributed by atoms with Crippen LogP contribution in [0.15, 0.2) is 30.2 Å². The van der Waals surface area contributed by atoms with Gasteiger partial charge in [-0.05, 0) is 24.3 Å². The van der Waals surface area contributed by atoms with Crippen molar-refractivity contribution in [1.82, 2.24) is 19.7 Å². The molecule has 0 unspecified atom stereocenters. The maximum Gasteiger partial charge on any atom is 0.119 e. The van der Waals surface area contributed by atoms with Crippen molar-refractivity contribution in [3.05, 3.63) is 35.0 Å². The molecule has 1 aliphatic carbocycles. The molecule has 2 fully saturated rings. The fourth-order valence-corrected chi connectivity index (χ4v) is 4.45. The predicted molar refractivity (Wildman–Crippen MR) is 81.0 cm³/mol. The van der Waals surface area contributed by atoms with Crippen molar-refractivity contribution in [2.24, 2.45) is 5.92 Å². The van der Waals surface area contributed by atoms with Gasteiger partial charge in [-0.2, -0.15) is 0 Å². The molecule has 4 rings (SSSR count). The SMILES string of the molecule is c1csc(CN2CCO[C@@H]3[C@@H](Cn4cnnc4)CC[C@@H]32)c1. The summed E-state index contributed by atoms with van der Waals surface area (Å²) in [5.41, 5.74) is 0. The van der Waals surface area contributed by atoms with Gasteiger partial charge in [0.1, 0.15) is 12.7 Å². The van der Waals surface area contributed by atoms with Gasteiger partial charge in [0, 0.05) is 36.5 Å². The molecule has 1 aliphatic heterocycles. The topological polar surface area (TPSA) is 43.2 Å². The summed E-state index contributed by atoms with van der Waals surface area (Å²) in [6.07, 6.45) is 6.44. The fraction of sp³-hybridized carbons (Fsp3) is 0.600. The van der Waals surface area contributed by atoms with E-state index in [9.17, 15) is 0 Å². The summed E-state index contributed by atoms with van der Waals surface area (Å²) in [6, 6.07) is 4.95. The normalized spacial score (nSPS) is 29.6. The maximum absolute atomic E-state index is 6.12. The molecule has 0 amide bonds. The summed E-state index contributed by atoms with van der Waals surface area (Å²) in [7, 11) is 0. The van der Waals surface area contributed by atoms with Crippen LogP contribution in [0.5, 0.6) is 0 Å². The molecule has 3 heterocycles. The first-order chi connectivity index (χ1) is 10.4. The summed E-state index contributed by atoms with van der Waals surface area (Å²) in [6.45, 7) is 3.95. The Bertz CT molecular complexity index is 556. The van der Waals surface area contributed by atoms with Crippen LogP contribution in [0.1, 0.15) is 17.7 Å². The van der Waals surface area contributed by atoms with Gasteiger partial charge in [-0.25, -0.2) is 0 Å². The molecule has 2 aromatic rings. The number of aromatic nitrogens is 3. The molecule has 0 spiro atoms. The van der Waals surface area contributed by atoms with E-state index >= 15 is 0 Å². The van der Waals surface area contributed by atoms with Gasteiger partial charge in [-0.15, -0.1) is 21.5 Å². The van der Waals surface area contributed by atoms with Crippen molar-refractivity contribution in [3.63, 3.8) is 0 Å². The van der Waals surface area contributed by atoms with Crippen molar-refractivity contribution in [2.75, 3.05) is 13.2 Å². The lowest BCUT2D eigenvalue weighted by Crippen LogP contribution is -2.50. The Morgan fingerprint density at radius 1 is 1.29 bits per heavy atom. The number of fused-ring (bicyclic) bond motifs is 1. The summed E-state index contributed by atoms with van der Waals surface area (Å²) < 4.78 is 8.20. The van der Waals surface area contributed by atoms with Crippen LogP contribution in [0.25, 0.3) is 0 Å². The second-order valence-corrected chi connectivity index (χ2v) is 6.98. The van der Waals surface area contributed by atoms with Gasteiger partial charge in [0.15, 0.2) is 0 Å². The van der Waals surface area contributed by atoms with E-state index < -0.39 is 0 Å². The van der Waals surface area contributed by atoms with E-state index in [0.29, 0.717) is 18.1 Å². The molecule has 5 nitrogen and oxygen atoms in total. The Morgan fingerprint density at radius 2 is 2.19 bits per heavy atom. The van der Waals surface area contributed by atoms with Crippen molar-refractivity contribution in [2.45, 2.75) is 38.1 Å². The lowest BCUT2D eigenvalue weighted by molar-refractivity contribution is -0.0783. The first-order valence-electron chi connectivity index (χ1n) is 7.60. The van der Waals surface area contributed by atoms with Crippen LogP contribution >= 0.6 is 11.3 Å². The van der Waals surface area contributed by atoms with Gasteiger partial charge in [0.2, 0.25) is 0 Å². The largest absolute Gasteiger partial charge is 0.375 e. The van der Waals surface area contributed by atoms with Gasteiger partial charge in [-0.3, -0.25) is 4.90 Å². The number of hydrogen-bond donors (Lipinski definition) is 0. The van der Waals surface area contributed by atoms with Crippen LogP contribution in [0, 0.1) is 5.92 Å². The number of nitrogens with zero attached hydrogens (tertiary/aromatic N) is 4. The zero-order valence-electron chi connectivity index (χ0n) is 12.0. The average molecular weight is 304 g/mol. The molecule has 0 bridgehead atoms. The minimum atomic E-state index is 0.362. The van der Waals surface area contributed by atoms with Crippen molar-refractivity contribution in [3.8, 4) is 0 Å². The Labute approximate surface area is 128 Å². The molecule has 0 radical (unpaired) electrons. The predicted octanol–water partition coefficient (Wildman–Crippen LogP) is 2.02. The number of morpholine rings is 1. The average Bonchev–Trinajstić information content (AvgIpc) is 3.22. The van der Waals surface area contributed by atoms with Gasteiger partial charge >= 0.3 is 0 Å². The Hall–Kier alpha value is -1.24. The first kappa shape index (κ1) is 13.4. The van der Waals surface area contributed by atoms with Crippen LogP contribution in [0.2, 0.25) is 0 Å². The van der Waals surface area contributed by atoms with Gasteiger partial charge in [-0.1, -0.05) is 6.07 Å². The van der Waals surface area contributed by atoms with E-state index in [0.717, 1.165) is 26.2 Å². The molecule has 6 heteroatoms. The van der Waals surface area contributed by atoms with Gasteiger partial charge < -0.3 is 9.30 Å². The molecular weight excluding hydrogens is 284 g/mol. The third kappa shape index (κ3) is 2.75. The zero-order chi connectivity index (χ0) is 14.1. The van der Waals surface area contributed by atoms with Crippen molar-refractivity contribution >= 4 is 11.3 Å². The molecule has 3 atom stereocenters. The highest BCUT2D eigenvalue weighted by Crippen LogP contribution is 2.36. The van der Waals surface area contributed by atoms with E-state index in [2.05, 4.69) is 37.2 Å².